The van der Waals surface area contributed by atoms with Gasteiger partial charge in [-0.05, 0) is 60.0 Å². The van der Waals surface area contributed by atoms with Gasteiger partial charge in [-0.1, -0.05) is 35.9 Å². The molecular formula is C29H29ClN2O5. The molecule has 1 N–H and O–H groups in total. The molecule has 1 amide bonds. The van der Waals surface area contributed by atoms with Gasteiger partial charge in [0.2, 0.25) is 0 Å². The SMILES string of the molecule is COc1ccc(CCN2C(=O)C(=O)/C(=C(\O)c3ccc(OC)c(Cl)c3)C2c2ccc(N(C)C)cc2)cc1. The van der Waals surface area contributed by atoms with Crippen LogP contribution >= 0.6 is 11.6 Å². The van der Waals surface area contributed by atoms with Crippen molar-refractivity contribution in [1.82, 2.24) is 4.90 Å². The third kappa shape index (κ3) is 5.27. The molecule has 0 spiro atoms. The van der Waals surface area contributed by atoms with Gasteiger partial charge in [-0.2, -0.15) is 0 Å². The van der Waals surface area contributed by atoms with Gasteiger partial charge < -0.3 is 24.4 Å². The Labute approximate surface area is 221 Å². The summed E-state index contributed by atoms with van der Waals surface area (Å²) in [4.78, 5) is 30.0. The minimum absolute atomic E-state index is 0.0265. The lowest BCUT2D eigenvalue weighted by molar-refractivity contribution is -0.139. The normalized spacial score (nSPS) is 16.7. The fourth-order valence-electron chi connectivity index (χ4n) is 4.42. The van der Waals surface area contributed by atoms with Crippen LogP contribution in [0.15, 0.2) is 72.3 Å². The van der Waals surface area contributed by atoms with E-state index in [1.807, 2.05) is 67.5 Å². The Morgan fingerprint density at radius 2 is 1.65 bits per heavy atom. The van der Waals surface area contributed by atoms with E-state index in [1.165, 1.54) is 18.1 Å². The van der Waals surface area contributed by atoms with E-state index < -0.39 is 17.7 Å². The lowest BCUT2D eigenvalue weighted by Crippen LogP contribution is -2.31. The minimum Gasteiger partial charge on any atom is -0.507 e. The van der Waals surface area contributed by atoms with Crippen molar-refractivity contribution in [2.45, 2.75) is 12.5 Å². The molecule has 37 heavy (non-hydrogen) atoms. The molecule has 0 radical (unpaired) electrons. The molecule has 1 aliphatic rings. The van der Waals surface area contributed by atoms with E-state index in [9.17, 15) is 14.7 Å². The second kappa shape index (κ2) is 11.0. The number of hydrogen-bond donors (Lipinski definition) is 1. The summed E-state index contributed by atoms with van der Waals surface area (Å²) in [6, 6.07) is 19.1. The molecule has 1 saturated heterocycles. The third-order valence-electron chi connectivity index (χ3n) is 6.49. The van der Waals surface area contributed by atoms with Crippen molar-refractivity contribution in [3.8, 4) is 11.5 Å². The van der Waals surface area contributed by atoms with Gasteiger partial charge in [0.05, 0.1) is 30.9 Å². The average molecular weight is 521 g/mol. The number of Topliss-reactive ketones (excluding diaryl/α,β-unsaturated/α-hetero) is 1. The van der Waals surface area contributed by atoms with Gasteiger partial charge in [-0.15, -0.1) is 0 Å². The van der Waals surface area contributed by atoms with Gasteiger partial charge in [-0.25, -0.2) is 0 Å². The number of methoxy groups -OCH3 is 2. The van der Waals surface area contributed by atoms with Crippen LogP contribution in [0.4, 0.5) is 5.69 Å². The summed E-state index contributed by atoms with van der Waals surface area (Å²) < 4.78 is 10.4. The zero-order chi connectivity index (χ0) is 26.7. The van der Waals surface area contributed by atoms with Crippen molar-refractivity contribution in [2.75, 3.05) is 39.8 Å². The predicted octanol–water partition coefficient (Wildman–Crippen LogP) is 5.09. The van der Waals surface area contributed by atoms with Crippen molar-refractivity contribution in [3.05, 3.63) is 94.0 Å². The summed E-state index contributed by atoms with van der Waals surface area (Å²) in [7, 11) is 6.96. The molecule has 8 heteroatoms. The lowest BCUT2D eigenvalue weighted by atomic mass is 9.95. The summed E-state index contributed by atoms with van der Waals surface area (Å²) in [5.74, 6) is -0.494. The molecule has 1 atom stereocenters. The van der Waals surface area contributed by atoms with Gasteiger partial charge in [0.1, 0.15) is 17.3 Å². The maximum atomic E-state index is 13.3. The van der Waals surface area contributed by atoms with Gasteiger partial charge in [-0.3, -0.25) is 9.59 Å². The van der Waals surface area contributed by atoms with Gasteiger partial charge in [0.15, 0.2) is 0 Å². The molecule has 192 valence electrons. The molecule has 0 saturated carbocycles. The minimum atomic E-state index is -0.754. The quantitative estimate of drug-likeness (QED) is 0.253. The van der Waals surface area contributed by atoms with Crippen molar-refractivity contribution < 1.29 is 24.2 Å². The van der Waals surface area contributed by atoms with Gasteiger partial charge in [0.25, 0.3) is 11.7 Å². The number of anilines is 1. The summed E-state index contributed by atoms with van der Waals surface area (Å²) in [6.07, 6.45) is 0.525. The molecule has 3 aromatic rings. The van der Waals surface area contributed by atoms with E-state index >= 15 is 0 Å². The smallest absolute Gasteiger partial charge is 0.295 e. The summed E-state index contributed by atoms with van der Waals surface area (Å²) >= 11 is 6.28. The first kappa shape index (κ1) is 26.1. The van der Waals surface area contributed by atoms with E-state index in [1.54, 1.807) is 19.2 Å². The number of carbonyl (C=O) groups excluding carboxylic acids is 2. The molecule has 0 aromatic heterocycles. The number of likely N-dealkylation sites (tertiary alicyclic amines) is 1. The Kier molecular flexibility index (Phi) is 7.74. The number of nitrogens with zero attached hydrogens (tertiary/aromatic N) is 2. The Morgan fingerprint density at radius 3 is 2.22 bits per heavy atom. The van der Waals surface area contributed by atoms with E-state index in [4.69, 9.17) is 21.1 Å². The highest BCUT2D eigenvalue weighted by atomic mass is 35.5. The van der Waals surface area contributed by atoms with Crippen LogP contribution in [0.25, 0.3) is 5.76 Å². The first-order valence-corrected chi connectivity index (χ1v) is 12.2. The highest BCUT2D eigenvalue weighted by Gasteiger charge is 2.45. The number of rotatable bonds is 8. The molecule has 1 heterocycles. The number of ketones is 1. The predicted molar refractivity (Wildman–Crippen MR) is 144 cm³/mol. The first-order chi connectivity index (χ1) is 17.7. The fourth-order valence-corrected chi connectivity index (χ4v) is 4.68. The lowest BCUT2D eigenvalue weighted by Gasteiger charge is -2.26. The number of benzene rings is 3. The number of amides is 1. The van der Waals surface area contributed by atoms with E-state index in [-0.39, 0.29) is 22.9 Å². The van der Waals surface area contributed by atoms with E-state index in [2.05, 4.69) is 0 Å². The van der Waals surface area contributed by atoms with Crippen molar-refractivity contribution in [2.24, 2.45) is 0 Å². The molecule has 1 fully saturated rings. The number of carbonyl (C=O) groups is 2. The number of aliphatic hydroxyl groups is 1. The molecule has 7 nitrogen and oxygen atoms in total. The van der Waals surface area contributed by atoms with Crippen LogP contribution in [0.5, 0.6) is 11.5 Å². The van der Waals surface area contributed by atoms with Crippen LogP contribution in [0.1, 0.15) is 22.7 Å². The Balaban J connectivity index is 1.76. The molecule has 1 unspecified atom stereocenters. The zero-order valence-corrected chi connectivity index (χ0v) is 22.0. The Morgan fingerprint density at radius 1 is 0.973 bits per heavy atom. The number of halogens is 1. The monoisotopic (exact) mass is 520 g/mol. The highest BCUT2D eigenvalue weighted by molar-refractivity contribution is 6.46. The van der Waals surface area contributed by atoms with Crippen molar-refractivity contribution >= 4 is 34.7 Å². The van der Waals surface area contributed by atoms with E-state index in [0.29, 0.717) is 17.7 Å². The number of ether oxygens (including phenoxy) is 2. The zero-order valence-electron chi connectivity index (χ0n) is 21.2. The summed E-state index contributed by atoms with van der Waals surface area (Å²) in [6.45, 7) is 0.289. The van der Waals surface area contributed by atoms with Crippen molar-refractivity contribution in [3.63, 3.8) is 0 Å². The highest BCUT2D eigenvalue weighted by Crippen LogP contribution is 2.40. The maximum Gasteiger partial charge on any atom is 0.295 e. The molecule has 0 aliphatic carbocycles. The van der Waals surface area contributed by atoms with Gasteiger partial charge in [0, 0.05) is 31.9 Å². The van der Waals surface area contributed by atoms with Crippen molar-refractivity contribution in [1.29, 1.82) is 0 Å². The van der Waals surface area contributed by atoms with Crippen LogP contribution < -0.4 is 14.4 Å². The Bertz CT molecular complexity index is 1330. The number of aliphatic hydroxyl groups excluding tert-OH is 1. The van der Waals surface area contributed by atoms with Crippen LogP contribution in [0, 0.1) is 0 Å². The fraction of sp³-hybridized carbons (Fsp3) is 0.241. The van der Waals surface area contributed by atoms with Gasteiger partial charge >= 0.3 is 0 Å². The standard InChI is InChI=1S/C29H29ClN2O5/c1-31(2)21-10-7-19(8-11-21)26-25(27(33)20-9-14-24(37-4)23(30)17-20)28(34)29(35)32(26)16-15-18-5-12-22(36-3)13-6-18/h5-14,17,26,33H,15-16H2,1-4H3/b27-25-. The first-order valence-electron chi connectivity index (χ1n) is 11.8. The summed E-state index contributed by atoms with van der Waals surface area (Å²) in [5.41, 5.74) is 3.04. The molecular weight excluding hydrogens is 492 g/mol. The second-order valence-corrected chi connectivity index (χ2v) is 9.33. The molecule has 0 bridgehead atoms. The van der Waals surface area contributed by atoms with Crippen LogP contribution in [0.2, 0.25) is 5.02 Å². The third-order valence-corrected chi connectivity index (χ3v) is 6.79. The number of hydrogen-bond acceptors (Lipinski definition) is 6. The van der Waals surface area contributed by atoms with Crippen LogP contribution in [-0.2, 0) is 16.0 Å². The van der Waals surface area contributed by atoms with Crippen LogP contribution in [-0.4, -0.2) is 56.6 Å². The average Bonchev–Trinajstić information content (AvgIpc) is 3.16. The topological polar surface area (TPSA) is 79.3 Å². The summed E-state index contributed by atoms with van der Waals surface area (Å²) in [5, 5.41) is 11.6. The molecule has 4 rings (SSSR count). The second-order valence-electron chi connectivity index (χ2n) is 8.93. The molecule has 1 aliphatic heterocycles. The largest absolute Gasteiger partial charge is 0.507 e. The Hall–Kier alpha value is -3.97. The van der Waals surface area contributed by atoms with Crippen LogP contribution in [0.3, 0.4) is 0 Å². The maximum absolute atomic E-state index is 13.3. The molecule has 3 aromatic carbocycles. The van der Waals surface area contributed by atoms with E-state index in [0.717, 1.165) is 22.6 Å².